The molecule has 1 unspecified atom stereocenters. The topological polar surface area (TPSA) is 87.5 Å². The van der Waals surface area contributed by atoms with Crippen molar-refractivity contribution in [3.63, 3.8) is 0 Å². The third kappa shape index (κ3) is 4.86. The molecule has 0 saturated heterocycles. The van der Waals surface area contributed by atoms with Crippen molar-refractivity contribution >= 4 is 11.7 Å². The number of fused-ring (bicyclic) bond motifs is 2. The Morgan fingerprint density at radius 1 is 1.08 bits per heavy atom. The highest BCUT2D eigenvalue weighted by molar-refractivity contribution is 5.88. The van der Waals surface area contributed by atoms with Crippen molar-refractivity contribution in [3.8, 4) is 5.69 Å². The van der Waals surface area contributed by atoms with Crippen molar-refractivity contribution in [1.82, 2.24) is 14.5 Å². The highest BCUT2D eigenvalue weighted by Crippen LogP contribution is 2.45. The molecule has 3 heterocycles. The number of aromatic carboxylic acids is 1. The predicted octanol–water partition coefficient (Wildman–Crippen LogP) is 5.22. The number of aromatic nitrogens is 2. The van der Waals surface area contributed by atoms with Crippen LogP contribution in [-0.4, -0.2) is 32.1 Å². The maximum absolute atomic E-state index is 13.6. The molecule has 0 spiro atoms. The van der Waals surface area contributed by atoms with Gasteiger partial charge in [-0.25, -0.2) is 9.78 Å². The van der Waals surface area contributed by atoms with Gasteiger partial charge in [0, 0.05) is 30.9 Å². The zero-order chi connectivity index (χ0) is 27.1. The first kappa shape index (κ1) is 25.1. The average Bonchev–Trinajstić information content (AvgIpc) is 2.92. The van der Waals surface area contributed by atoms with Crippen LogP contribution in [0.4, 0.5) is 5.69 Å². The SMILES string of the molecule is CC1(C)Cc2cc(C(=O)O)ccc2NC1c1cccc(-n2cnc3c(c2=O)CCN(Cc2ccccc2)C3)c1. The Morgan fingerprint density at radius 3 is 2.69 bits per heavy atom. The Balaban J connectivity index is 1.27. The van der Waals surface area contributed by atoms with E-state index < -0.39 is 5.97 Å². The maximum Gasteiger partial charge on any atom is 0.335 e. The first-order chi connectivity index (χ1) is 18.8. The molecule has 3 aromatic carbocycles. The van der Waals surface area contributed by atoms with Gasteiger partial charge in [-0.2, -0.15) is 0 Å². The van der Waals surface area contributed by atoms with Crippen LogP contribution in [0.5, 0.6) is 0 Å². The maximum atomic E-state index is 13.6. The molecule has 0 aliphatic carbocycles. The summed E-state index contributed by atoms with van der Waals surface area (Å²) in [7, 11) is 0. The number of rotatable bonds is 5. The van der Waals surface area contributed by atoms with Crippen LogP contribution < -0.4 is 10.9 Å². The van der Waals surface area contributed by atoms with E-state index in [0.717, 1.165) is 53.3 Å². The summed E-state index contributed by atoms with van der Waals surface area (Å²) in [6.07, 6.45) is 3.08. The van der Waals surface area contributed by atoms with Crippen molar-refractivity contribution in [2.24, 2.45) is 5.41 Å². The van der Waals surface area contributed by atoms with Gasteiger partial charge in [0.05, 0.1) is 23.0 Å². The molecule has 0 radical (unpaired) electrons. The third-order valence-corrected chi connectivity index (χ3v) is 8.02. The molecule has 7 nitrogen and oxygen atoms in total. The Morgan fingerprint density at radius 2 is 1.90 bits per heavy atom. The second kappa shape index (κ2) is 9.82. The second-order valence-corrected chi connectivity index (χ2v) is 11.3. The number of anilines is 1. The van der Waals surface area contributed by atoms with E-state index in [1.165, 1.54) is 5.56 Å². The van der Waals surface area contributed by atoms with E-state index in [2.05, 4.69) is 60.5 Å². The number of carboxylic acids is 1. The molecule has 0 fully saturated rings. The van der Waals surface area contributed by atoms with Crippen molar-refractivity contribution in [2.45, 2.75) is 45.8 Å². The highest BCUT2D eigenvalue weighted by atomic mass is 16.4. The summed E-state index contributed by atoms with van der Waals surface area (Å²) < 4.78 is 1.66. The zero-order valence-corrected chi connectivity index (χ0v) is 22.2. The van der Waals surface area contributed by atoms with Crippen LogP contribution in [0, 0.1) is 5.41 Å². The van der Waals surface area contributed by atoms with Gasteiger partial charge in [0.1, 0.15) is 6.33 Å². The minimum absolute atomic E-state index is 0.001000. The molecule has 39 heavy (non-hydrogen) atoms. The van der Waals surface area contributed by atoms with E-state index in [1.54, 1.807) is 23.0 Å². The summed E-state index contributed by atoms with van der Waals surface area (Å²) in [6.45, 7) is 6.71. The molecule has 198 valence electrons. The van der Waals surface area contributed by atoms with E-state index in [9.17, 15) is 14.7 Å². The van der Waals surface area contributed by atoms with Crippen LogP contribution >= 0.6 is 0 Å². The lowest BCUT2D eigenvalue weighted by Gasteiger charge is -2.41. The average molecular weight is 521 g/mol. The van der Waals surface area contributed by atoms with Gasteiger partial charge in [-0.3, -0.25) is 14.3 Å². The standard InChI is InChI=1S/C32H32N4O3/c1-32(2)17-24-15-23(31(38)39)11-12-27(24)34-29(32)22-9-6-10-25(16-22)36-20-33-28-19-35(14-13-26(28)30(36)37)18-21-7-4-3-5-8-21/h3-12,15-16,20,29,34H,13-14,17-19H2,1-2H3,(H,38,39). The molecule has 2 N–H and O–H groups in total. The molecule has 0 bridgehead atoms. The Hall–Kier alpha value is -4.23. The van der Waals surface area contributed by atoms with Crippen LogP contribution in [0.3, 0.4) is 0 Å². The summed E-state index contributed by atoms with van der Waals surface area (Å²) in [4.78, 5) is 32.1. The largest absolute Gasteiger partial charge is 0.478 e. The summed E-state index contributed by atoms with van der Waals surface area (Å²) >= 11 is 0. The van der Waals surface area contributed by atoms with E-state index in [4.69, 9.17) is 4.98 Å². The first-order valence-electron chi connectivity index (χ1n) is 13.4. The number of hydrogen-bond acceptors (Lipinski definition) is 5. The Labute approximate surface area is 227 Å². The fourth-order valence-electron chi connectivity index (χ4n) is 5.98. The van der Waals surface area contributed by atoms with Crippen molar-refractivity contribution in [2.75, 3.05) is 11.9 Å². The summed E-state index contributed by atoms with van der Waals surface area (Å²) in [5, 5.41) is 13.0. The van der Waals surface area contributed by atoms with Crippen LogP contribution in [0.15, 0.2) is 83.9 Å². The number of carbonyl (C=O) groups is 1. The Bertz CT molecular complexity index is 1610. The van der Waals surface area contributed by atoms with E-state index in [1.807, 2.05) is 24.3 Å². The van der Waals surface area contributed by atoms with Gasteiger partial charge < -0.3 is 10.4 Å². The number of benzene rings is 3. The highest BCUT2D eigenvalue weighted by Gasteiger charge is 2.36. The van der Waals surface area contributed by atoms with E-state index in [-0.39, 0.29) is 17.0 Å². The van der Waals surface area contributed by atoms with Gasteiger partial charge in [0.25, 0.3) is 5.56 Å². The van der Waals surface area contributed by atoms with Crippen LogP contribution in [0.1, 0.15) is 58.2 Å². The minimum Gasteiger partial charge on any atom is -0.478 e. The molecule has 0 amide bonds. The lowest BCUT2D eigenvalue weighted by atomic mass is 9.72. The number of nitrogens with one attached hydrogen (secondary N) is 1. The Kier molecular flexibility index (Phi) is 6.31. The van der Waals surface area contributed by atoms with Gasteiger partial charge in [0.15, 0.2) is 0 Å². The molecular weight excluding hydrogens is 488 g/mol. The lowest BCUT2D eigenvalue weighted by Crippen LogP contribution is -2.37. The summed E-state index contributed by atoms with van der Waals surface area (Å²) in [5.41, 5.74) is 6.86. The number of nitrogens with zero attached hydrogens (tertiary/aromatic N) is 3. The normalized spacial score (nSPS) is 18.1. The fourth-order valence-corrected chi connectivity index (χ4v) is 5.98. The summed E-state index contributed by atoms with van der Waals surface area (Å²) in [5.74, 6) is -0.918. The molecule has 7 heteroatoms. The predicted molar refractivity (Wildman–Crippen MR) is 151 cm³/mol. The van der Waals surface area contributed by atoms with Gasteiger partial charge in [-0.1, -0.05) is 56.3 Å². The molecule has 1 atom stereocenters. The van der Waals surface area contributed by atoms with Gasteiger partial charge in [-0.05, 0) is 65.3 Å². The van der Waals surface area contributed by atoms with Crippen LogP contribution in [0.25, 0.3) is 5.69 Å². The molecule has 6 rings (SSSR count). The van der Waals surface area contributed by atoms with E-state index in [0.29, 0.717) is 18.5 Å². The van der Waals surface area contributed by atoms with Crippen molar-refractivity contribution < 1.29 is 9.90 Å². The summed E-state index contributed by atoms with van der Waals surface area (Å²) in [6, 6.07) is 23.7. The second-order valence-electron chi connectivity index (χ2n) is 11.3. The lowest BCUT2D eigenvalue weighted by molar-refractivity contribution is 0.0696. The molecule has 2 aliphatic rings. The fraction of sp³-hybridized carbons (Fsp3) is 0.281. The number of hydrogen-bond donors (Lipinski definition) is 2. The van der Waals surface area contributed by atoms with Crippen LogP contribution in [0.2, 0.25) is 0 Å². The number of carboxylic acid groups (broad SMARTS) is 1. The van der Waals surface area contributed by atoms with Gasteiger partial charge >= 0.3 is 5.97 Å². The smallest absolute Gasteiger partial charge is 0.335 e. The van der Waals surface area contributed by atoms with E-state index >= 15 is 0 Å². The first-order valence-corrected chi connectivity index (χ1v) is 13.4. The molecule has 0 saturated carbocycles. The molecule has 4 aromatic rings. The minimum atomic E-state index is -0.918. The van der Waals surface area contributed by atoms with Crippen molar-refractivity contribution in [1.29, 1.82) is 0 Å². The van der Waals surface area contributed by atoms with Crippen molar-refractivity contribution in [3.05, 3.63) is 123 Å². The molecule has 1 aromatic heterocycles. The van der Waals surface area contributed by atoms with Gasteiger partial charge in [-0.15, -0.1) is 0 Å². The monoisotopic (exact) mass is 520 g/mol. The zero-order valence-electron chi connectivity index (χ0n) is 22.2. The quantitative estimate of drug-likeness (QED) is 0.375. The molecule has 2 aliphatic heterocycles. The van der Waals surface area contributed by atoms with Crippen LogP contribution in [-0.2, 0) is 25.9 Å². The molecular formula is C32H32N4O3. The third-order valence-electron chi connectivity index (χ3n) is 8.02. The van der Waals surface area contributed by atoms with Gasteiger partial charge in [0.2, 0.25) is 0 Å².